The molecular weight excluding hydrogens is 276 g/mol. The highest BCUT2D eigenvalue weighted by Gasteiger charge is 2.00. The molecular formula is C19H24O3. The van der Waals surface area contributed by atoms with Gasteiger partial charge in [0.1, 0.15) is 17.2 Å². The van der Waals surface area contributed by atoms with Crippen LogP contribution in [0, 0.1) is 13.8 Å². The van der Waals surface area contributed by atoms with Crippen molar-refractivity contribution in [2.45, 2.75) is 26.7 Å². The highest BCUT2D eigenvalue weighted by Crippen LogP contribution is 2.20. The van der Waals surface area contributed by atoms with Crippen LogP contribution < -0.4 is 14.2 Å². The normalized spacial score (nSPS) is 10.3. The molecule has 0 saturated heterocycles. The fourth-order valence-corrected chi connectivity index (χ4v) is 2.11. The minimum absolute atomic E-state index is 0.697. The zero-order valence-corrected chi connectivity index (χ0v) is 13.6. The van der Waals surface area contributed by atoms with Gasteiger partial charge in [-0.05, 0) is 68.1 Å². The second-order valence-corrected chi connectivity index (χ2v) is 5.35. The van der Waals surface area contributed by atoms with Crippen molar-refractivity contribution in [2.75, 3.05) is 20.3 Å². The van der Waals surface area contributed by atoms with Gasteiger partial charge in [-0.2, -0.15) is 0 Å². The fraction of sp³-hybridized carbons (Fsp3) is 0.368. The molecule has 0 spiro atoms. The van der Waals surface area contributed by atoms with E-state index in [0.29, 0.717) is 6.61 Å². The highest BCUT2D eigenvalue weighted by molar-refractivity contribution is 5.36. The van der Waals surface area contributed by atoms with Crippen molar-refractivity contribution in [1.82, 2.24) is 0 Å². The number of benzene rings is 2. The standard InChI is InChI=1S/C19H24O3/c1-15-6-7-16(2)19(14-15)22-13-5-4-12-21-18-10-8-17(20-3)9-11-18/h6-11,14H,4-5,12-13H2,1-3H3. The maximum Gasteiger partial charge on any atom is 0.122 e. The Hall–Kier alpha value is -2.16. The van der Waals surface area contributed by atoms with E-state index < -0.39 is 0 Å². The van der Waals surface area contributed by atoms with Gasteiger partial charge in [0, 0.05) is 0 Å². The number of methoxy groups -OCH3 is 1. The fourth-order valence-electron chi connectivity index (χ4n) is 2.11. The SMILES string of the molecule is COc1ccc(OCCCCOc2cc(C)ccc2C)cc1. The van der Waals surface area contributed by atoms with E-state index in [1.807, 2.05) is 24.3 Å². The Morgan fingerprint density at radius 2 is 1.41 bits per heavy atom. The molecule has 0 heterocycles. The van der Waals surface area contributed by atoms with Gasteiger partial charge in [0.2, 0.25) is 0 Å². The first-order chi connectivity index (χ1) is 10.7. The topological polar surface area (TPSA) is 27.7 Å². The van der Waals surface area contributed by atoms with Crippen LogP contribution >= 0.6 is 0 Å². The van der Waals surface area contributed by atoms with E-state index in [4.69, 9.17) is 14.2 Å². The first-order valence-electron chi connectivity index (χ1n) is 7.66. The highest BCUT2D eigenvalue weighted by atomic mass is 16.5. The summed E-state index contributed by atoms with van der Waals surface area (Å²) in [6, 6.07) is 13.9. The minimum atomic E-state index is 0.697. The molecule has 2 aromatic rings. The molecule has 0 aliphatic heterocycles. The van der Waals surface area contributed by atoms with Crippen molar-refractivity contribution in [2.24, 2.45) is 0 Å². The molecule has 0 amide bonds. The summed E-state index contributed by atoms with van der Waals surface area (Å²) in [4.78, 5) is 0. The maximum atomic E-state index is 5.83. The molecule has 0 atom stereocenters. The number of aryl methyl sites for hydroxylation is 2. The number of unbranched alkanes of at least 4 members (excludes halogenated alkanes) is 1. The van der Waals surface area contributed by atoms with Crippen molar-refractivity contribution in [1.29, 1.82) is 0 Å². The lowest BCUT2D eigenvalue weighted by Gasteiger charge is -2.10. The van der Waals surface area contributed by atoms with Gasteiger partial charge in [-0.3, -0.25) is 0 Å². The molecule has 2 aromatic carbocycles. The summed E-state index contributed by atoms with van der Waals surface area (Å²) in [7, 11) is 1.66. The lowest BCUT2D eigenvalue weighted by molar-refractivity contribution is 0.265. The van der Waals surface area contributed by atoms with Crippen LogP contribution in [0.25, 0.3) is 0 Å². The van der Waals surface area contributed by atoms with E-state index in [2.05, 4.69) is 32.0 Å². The minimum Gasteiger partial charge on any atom is -0.497 e. The van der Waals surface area contributed by atoms with Crippen molar-refractivity contribution in [3.8, 4) is 17.2 Å². The van der Waals surface area contributed by atoms with Gasteiger partial charge in [0.25, 0.3) is 0 Å². The molecule has 0 aromatic heterocycles. The van der Waals surface area contributed by atoms with Gasteiger partial charge in [0.05, 0.1) is 20.3 Å². The molecule has 0 fully saturated rings. The molecule has 0 N–H and O–H groups in total. The first kappa shape index (κ1) is 16.2. The van der Waals surface area contributed by atoms with E-state index in [-0.39, 0.29) is 0 Å². The Labute approximate surface area is 132 Å². The number of hydrogen-bond acceptors (Lipinski definition) is 3. The van der Waals surface area contributed by atoms with Crippen LogP contribution in [0.2, 0.25) is 0 Å². The molecule has 0 saturated carbocycles. The molecule has 0 bridgehead atoms. The van der Waals surface area contributed by atoms with Gasteiger partial charge in [0.15, 0.2) is 0 Å². The van der Waals surface area contributed by atoms with Crippen molar-refractivity contribution in [3.63, 3.8) is 0 Å². The monoisotopic (exact) mass is 300 g/mol. The van der Waals surface area contributed by atoms with Crippen LogP contribution in [0.15, 0.2) is 42.5 Å². The quantitative estimate of drug-likeness (QED) is 0.669. The molecule has 0 aliphatic rings. The number of hydrogen-bond donors (Lipinski definition) is 0. The van der Waals surface area contributed by atoms with Crippen LogP contribution in [-0.2, 0) is 0 Å². The lowest BCUT2D eigenvalue weighted by Crippen LogP contribution is -2.03. The van der Waals surface area contributed by atoms with Crippen LogP contribution in [0.4, 0.5) is 0 Å². The van der Waals surface area contributed by atoms with Crippen LogP contribution in [0.3, 0.4) is 0 Å². The van der Waals surface area contributed by atoms with Crippen LogP contribution in [-0.4, -0.2) is 20.3 Å². The summed E-state index contributed by atoms with van der Waals surface area (Å²) in [5.74, 6) is 2.70. The van der Waals surface area contributed by atoms with Gasteiger partial charge in [-0.15, -0.1) is 0 Å². The second-order valence-electron chi connectivity index (χ2n) is 5.35. The van der Waals surface area contributed by atoms with Gasteiger partial charge in [-0.1, -0.05) is 12.1 Å². The Balaban J connectivity index is 1.63. The summed E-state index contributed by atoms with van der Waals surface area (Å²) >= 11 is 0. The molecule has 118 valence electrons. The van der Waals surface area contributed by atoms with Crippen molar-refractivity contribution >= 4 is 0 Å². The number of ether oxygens (including phenoxy) is 3. The molecule has 3 nitrogen and oxygen atoms in total. The number of rotatable bonds is 8. The third kappa shape index (κ3) is 4.99. The lowest BCUT2D eigenvalue weighted by atomic mass is 10.1. The van der Waals surface area contributed by atoms with Crippen LogP contribution in [0.5, 0.6) is 17.2 Å². The Kier molecular flexibility index (Phi) is 6.13. The van der Waals surface area contributed by atoms with Gasteiger partial charge < -0.3 is 14.2 Å². The van der Waals surface area contributed by atoms with Crippen LogP contribution in [0.1, 0.15) is 24.0 Å². The Morgan fingerprint density at radius 3 is 2.09 bits per heavy atom. The zero-order valence-electron chi connectivity index (χ0n) is 13.6. The summed E-state index contributed by atoms with van der Waals surface area (Å²) in [5.41, 5.74) is 2.41. The van der Waals surface area contributed by atoms with Crippen molar-refractivity contribution in [3.05, 3.63) is 53.6 Å². The Morgan fingerprint density at radius 1 is 0.773 bits per heavy atom. The van der Waals surface area contributed by atoms with Crippen molar-refractivity contribution < 1.29 is 14.2 Å². The van der Waals surface area contributed by atoms with E-state index >= 15 is 0 Å². The third-order valence-corrected chi connectivity index (χ3v) is 3.47. The van der Waals surface area contributed by atoms with E-state index in [1.54, 1.807) is 7.11 Å². The average molecular weight is 300 g/mol. The molecule has 0 aliphatic carbocycles. The van der Waals surface area contributed by atoms with E-state index in [0.717, 1.165) is 36.7 Å². The summed E-state index contributed by atoms with van der Waals surface area (Å²) < 4.78 is 16.6. The predicted octanol–water partition coefficient (Wildman–Crippen LogP) is 4.55. The van der Waals surface area contributed by atoms with Gasteiger partial charge in [-0.25, -0.2) is 0 Å². The molecule has 3 heteroatoms. The van der Waals surface area contributed by atoms with E-state index in [1.165, 1.54) is 11.1 Å². The molecule has 2 rings (SSSR count). The largest absolute Gasteiger partial charge is 0.497 e. The Bertz CT molecular complexity index is 576. The molecule has 22 heavy (non-hydrogen) atoms. The second kappa shape index (κ2) is 8.32. The maximum absolute atomic E-state index is 5.83. The smallest absolute Gasteiger partial charge is 0.122 e. The zero-order chi connectivity index (χ0) is 15.8. The molecule has 0 unspecified atom stereocenters. The van der Waals surface area contributed by atoms with E-state index in [9.17, 15) is 0 Å². The third-order valence-electron chi connectivity index (χ3n) is 3.47. The summed E-state index contributed by atoms with van der Waals surface area (Å²) in [5, 5.41) is 0. The average Bonchev–Trinajstić information content (AvgIpc) is 2.54. The summed E-state index contributed by atoms with van der Waals surface area (Å²) in [6.45, 7) is 5.56. The molecule has 0 radical (unpaired) electrons. The summed E-state index contributed by atoms with van der Waals surface area (Å²) in [6.07, 6.45) is 1.94. The van der Waals surface area contributed by atoms with Gasteiger partial charge >= 0.3 is 0 Å². The first-order valence-corrected chi connectivity index (χ1v) is 7.66. The predicted molar refractivity (Wildman–Crippen MR) is 89.1 cm³/mol.